The summed E-state index contributed by atoms with van der Waals surface area (Å²) in [6.45, 7) is 2.50. The molecule has 1 aromatic carbocycles. The number of carboxylic acids is 1. The molecule has 1 aromatic heterocycles. The molecule has 1 atom stereocenters. The number of aromatic nitrogens is 1. The normalized spacial score (nSPS) is 11.8. The molecular formula is C15H15NO3. The minimum Gasteiger partial charge on any atom is -0.494 e. The predicted octanol–water partition coefficient (Wildman–Crippen LogP) is 2.70. The minimum atomic E-state index is -0.879. The van der Waals surface area contributed by atoms with E-state index in [1.165, 1.54) is 0 Å². The van der Waals surface area contributed by atoms with E-state index in [0.29, 0.717) is 12.2 Å². The number of carbonyl (C=O) groups is 1. The van der Waals surface area contributed by atoms with E-state index >= 15 is 0 Å². The lowest BCUT2D eigenvalue weighted by atomic mass is 9.92. The number of rotatable bonds is 5. The Labute approximate surface area is 111 Å². The van der Waals surface area contributed by atoms with Crippen LogP contribution in [0.5, 0.6) is 5.75 Å². The number of hydrogen-bond acceptors (Lipinski definition) is 3. The third-order valence-electron chi connectivity index (χ3n) is 2.81. The number of carboxylic acid groups (broad SMARTS) is 1. The Morgan fingerprint density at radius 3 is 2.26 bits per heavy atom. The van der Waals surface area contributed by atoms with E-state index in [0.717, 1.165) is 11.3 Å². The molecular weight excluding hydrogens is 242 g/mol. The molecule has 0 saturated carbocycles. The van der Waals surface area contributed by atoms with Crippen molar-refractivity contribution in [2.24, 2.45) is 0 Å². The number of pyridine rings is 1. The van der Waals surface area contributed by atoms with E-state index in [1.54, 1.807) is 48.8 Å². The molecule has 4 nitrogen and oxygen atoms in total. The molecule has 0 amide bonds. The van der Waals surface area contributed by atoms with Crippen LogP contribution in [0.25, 0.3) is 0 Å². The molecule has 0 spiro atoms. The Hall–Kier alpha value is -2.36. The molecule has 0 bridgehead atoms. The van der Waals surface area contributed by atoms with Gasteiger partial charge >= 0.3 is 5.97 Å². The van der Waals surface area contributed by atoms with E-state index in [9.17, 15) is 9.90 Å². The monoisotopic (exact) mass is 257 g/mol. The molecule has 4 heteroatoms. The molecule has 2 aromatic rings. The molecule has 1 unspecified atom stereocenters. The highest BCUT2D eigenvalue weighted by Gasteiger charge is 2.21. The first-order chi connectivity index (χ1) is 9.22. The van der Waals surface area contributed by atoms with Gasteiger partial charge in [-0.15, -0.1) is 0 Å². The van der Waals surface area contributed by atoms with Crippen molar-refractivity contribution in [3.05, 3.63) is 59.9 Å². The Bertz CT molecular complexity index is 537. The Morgan fingerprint density at radius 2 is 1.74 bits per heavy atom. The maximum Gasteiger partial charge on any atom is 0.315 e. The van der Waals surface area contributed by atoms with Crippen LogP contribution in [-0.2, 0) is 4.79 Å². The molecule has 1 heterocycles. The standard InChI is InChI=1S/C15H15NO3/c1-2-19-13-5-3-11(4-6-13)14(15(17)18)12-7-9-16-10-8-12/h3-10,14H,2H2,1H3,(H,17,18). The van der Waals surface area contributed by atoms with Gasteiger partial charge in [-0.1, -0.05) is 12.1 Å². The van der Waals surface area contributed by atoms with E-state index in [-0.39, 0.29) is 0 Å². The maximum atomic E-state index is 11.5. The minimum absolute atomic E-state index is 0.589. The highest BCUT2D eigenvalue weighted by atomic mass is 16.5. The van der Waals surface area contributed by atoms with Gasteiger partial charge in [0.15, 0.2) is 0 Å². The van der Waals surface area contributed by atoms with Crippen LogP contribution in [0.4, 0.5) is 0 Å². The molecule has 0 aliphatic carbocycles. The van der Waals surface area contributed by atoms with E-state index in [2.05, 4.69) is 4.98 Å². The van der Waals surface area contributed by atoms with Crippen LogP contribution < -0.4 is 4.74 Å². The summed E-state index contributed by atoms with van der Waals surface area (Å²) in [4.78, 5) is 15.4. The molecule has 0 aliphatic heterocycles. The summed E-state index contributed by atoms with van der Waals surface area (Å²) < 4.78 is 5.35. The second-order valence-electron chi connectivity index (χ2n) is 4.05. The largest absolute Gasteiger partial charge is 0.494 e. The van der Waals surface area contributed by atoms with Crippen molar-refractivity contribution in [3.63, 3.8) is 0 Å². The number of benzene rings is 1. The van der Waals surface area contributed by atoms with Gasteiger partial charge in [0.2, 0.25) is 0 Å². The average Bonchev–Trinajstić information content (AvgIpc) is 2.42. The van der Waals surface area contributed by atoms with Crippen molar-refractivity contribution in [1.82, 2.24) is 4.98 Å². The highest BCUT2D eigenvalue weighted by Crippen LogP contribution is 2.26. The molecule has 19 heavy (non-hydrogen) atoms. The Morgan fingerprint density at radius 1 is 1.16 bits per heavy atom. The predicted molar refractivity (Wildman–Crippen MR) is 71.3 cm³/mol. The quantitative estimate of drug-likeness (QED) is 0.894. The first-order valence-corrected chi connectivity index (χ1v) is 6.08. The summed E-state index contributed by atoms with van der Waals surface area (Å²) in [5, 5.41) is 9.40. The second kappa shape index (κ2) is 6.00. The molecule has 98 valence electrons. The van der Waals surface area contributed by atoms with Crippen molar-refractivity contribution in [1.29, 1.82) is 0 Å². The van der Waals surface area contributed by atoms with Crippen molar-refractivity contribution in [2.45, 2.75) is 12.8 Å². The summed E-state index contributed by atoms with van der Waals surface area (Å²) >= 11 is 0. The van der Waals surface area contributed by atoms with Crippen LogP contribution in [0.3, 0.4) is 0 Å². The zero-order chi connectivity index (χ0) is 13.7. The number of aliphatic carboxylic acids is 1. The fourth-order valence-corrected chi connectivity index (χ4v) is 1.96. The van der Waals surface area contributed by atoms with E-state index in [4.69, 9.17) is 4.74 Å². The molecule has 0 radical (unpaired) electrons. The van der Waals surface area contributed by atoms with Crippen molar-refractivity contribution in [2.75, 3.05) is 6.61 Å². The zero-order valence-electron chi connectivity index (χ0n) is 10.6. The van der Waals surface area contributed by atoms with Crippen LogP contribution >= 0.6 is 0 Å². The molecule has 0 saturated heterocycles. The first kappa shape index (κ1) is 13.1. The van der Waals surface area contributed by atoms with Gasteiger partial charge in [0.1, 0.15) is 11.7 Å². The summed E-state index contributed by atoms with van der Waals surface area (Å²) in [6, 6.07) is 10.6. The second-order valence-corrected chi connectivity index (χ2v) is 4.05. The van der Waals surface area contributed by atoms with Crippen LogP contribution in [0, 0.1) is 0 Å². The van der Waals surface area contributed by atoms with Crippen molar-refractivity contribution < 1.29 is 14.6 Å². The summed E-state index contributed by atoms with van der Waals surface area (Å²) in [7, 11) is 0. The van der Waals surface area contributed by atoms with Crippen molar-refractivity contribution >= 4 is 5.97 Å². The van der Waals surface area contributed by atoms with Gasteiger partial charge in [0.25, 0.3) is 0 Å². The van der Waals surface area contributed by atoms with Crippen LogP contribution in [0.1, 0.15) is 24.0 Å². The van der Waals surface area contributed by atoms with Gasteiger partial charge in [0.05, 0.1) is 6.61 Å². The smallest absolute Gasteiger partial charge is 0.315 e. The molecule has 0 fully saturated rings. The fraction of sp³-hybridized carbons (Fsp3) is 0.200. The lowest BCUT2D eigenvalue weighted by molar-refractivity contribution is -0.137. The lowest BCUT2D eigenvalue weighted by Gasteiger charge is -2.13. The SMILES string of the molecule is CCOc1ccc(C(C(=O)O)c2ccncc2)cc1. The van der Waals surface area contributed by atoms with Crippen molar-refractivity contribution in [3.8, 4) is 5.75 Å². The lowest BCUT2D eigenvalue weighted by Crippen LogP contribution is -2.13. The Kier molecular flexibility index (Phi) is 4.13. The number of ether oxygens (including phenoxy) is 1. The van der Waals surface area contributed by atoms with Crippen LogP contribution in [0.15, 0.2) is 48.8 Å². The van der Waals surface area contributed by atoms with Gasteiger partial charge in [0, 0.05) is 12.4 Å². The third kappa shape index (κ3) is 3.10. The van der Waals surface area contributed by atoms with Gasteiger partial charge in [-0.05, 0) is 42.3 Å². The van der Waals surface area contributed by atoms with Gasteiger partial charge in [-0.3, -0.25) is 9.78 Å². The highest BCUT2D eigenvalue weighted by molar-refractivity contribution is 5.80. The van der Waals surface area contributed by atoms with Crippen LogP contribution in [0.2, 0.25) is 0 Å². The maximum absolute atomic E-state index is 11.5. The summed E-state index contributed by atoms with van der Waals surface area (Å²) in [6.07, 6.45) is 3.19. The summed E-state index contributed by atoms with van der Waals surface area (Å²) in [5.41, 5.74) is 1.44. The average molecular weight is 257 g/mol. The van der Waals surface area contributed by atoms with Gasteiger partial charge < -0.3 is 9.84 Å². The molecule has 0 aliphatic rings. The Balaban J connectivity index is 2.32. The zero-order valence-corrected chi connectivity index (χ0v) is 10.6. The van der Waals surface area contributed by atoms with Crippen LogP contribution in [-0.4, -0.2) is 22.7 Å². The van der Waals surface area contributed by atoms with Gasteiger partial charge in [-0.2, -0.15) is 0 Å². The number of nitrogens with zero attached hydrogens (tertiary/aromatic N) is 1. The van der Waals surface area contributed by atoms with Gasteiger partial charge in [-0.25, -0.2) is 0 Å². The fourth-order valence-electron chi connectivity index (χ4n) is 1.96. The van der Waals surface area contributed by atoms with E-state index in [1.807, 2.05) is 6.92 Å². The topological polar surface area (TPSA) is 59.4 Å². The van der Waals surface area contributed by atoms with E-state index < -0.39 is 11.9 Å². The molecule has 1 N–H and O–H groups in total. The first-order valence-electron chi connectivity index (χ1n) is 6.08. The molecule has 2 rings (SSSR count). The summed E-state index contributed by atoms with van der Waals surface area (Å²) in [5.74, 6) is -0.820. The number of hydrogen-bond donors (Lipinski definition) is 1. The third-order valence-corrected chi connectivity index (χ3v) is 2.81.